The van der Waals surface area contributed by atoms with Crippen molar-refractivity contribution in [2.45, 2.75) is 27.3 Å². The largest absolute Gasteiger partial charge is 0.262 e. The SMILES string of the molecule is Cc1cc(C)c(CNS)c(C)c1. The molecule has 0 spiro atoms. The van der Waals surface area contributed by atoms with Crippen LogP contribution in [0.1, 0.15) is 22.3 Å². The maximum atomic E-state index is 4.00. The molecule has 0 fully saturated rings. The van der Waals surface area contributed by atoms with Crippen LogP contribution in [-0.4, -0.2) is 0 Å². The van der Waals surface area contributed by atoms with Crippen LogP contribution in [-0.2, 0) is 6.54 Å². The first-order chi connectivity index (χ1) is 5.65. The van der Waals surface area contributed by atoms with Crippen LogP contribution in [0, 0.1) is 20.8 Å². The molecule has 1 nitrogen and oxygen atoms in total. The standard InChI is InChI=1S/C10H15NS/c1-7-4-8(2)10(6-11-12)9(3)5-7/h4-5,11-12H,6H2,1-3H3. The summed E-state index contributed by atoms with van der Waals surface area (Å²) in [6.45, 7) is 7.24. The van der Waals surface area contributed by atoms with E-state index in [2.05, 4.69) is 50.4 Å². The molecule has 0 unspecified atom stereocenters. The van der Waals surface area contributed by atoms with Gasteiger partial charge in [0.2, 0.25) is 0 Å². The molecule has 0 aromatic heterocycles. The van der Waals surface area contributed by atoms with Crippen molar-refractivity contribution in [1.29, 1.82) is 0 Å². The van der Waals surface area contributed by atoms with Crippen LogP contribution < -0.4 is 4.72 Å². The molecule has 0 heterocycles. The van der Waals surface area contributed by atoms with Gasteiger partial charge in [-0.2, -0.15) is 0 Å². The van der Waals surface area contributed by atoms with Gasteiger partial charge in [-0.1, -0.05) is 30.5 Å². The highest BCUT2D eigenvalue weighted by Gasteiger charge is 2.01. The molecule has 2 heteroatoms. The van der Waals surface area contributed by atoms with Crippen molar-refractivity contribution in [3.05, 3.63) is 34.4 Å². The molecule has 0 atom stereocenters. The molecule has 0 saturated carbocycles. The van der Waals surface area contributed by atoms with E-state index in [0.29, 0.717) is 0 Å². The smallest absolute Gasteiger partial charge is 0.0312 e. The van der Waals surface area contributed by atoms with E-state index in [1.54, 1.807) is 0 Å². The Kier molecular flexibility index (Phi) is 3.18. The number of rotatable bonds is 2. The summed E-state index contributed by atoms with van der Waals surface area (Å²) < 4.78 is 2.88. The predicted molar refractivity (Wildman–Crippen MR) is 56.5 cm³/mol. The topological polar surface area (TPSA) is 12.0 Å². The molecule has 1 aromatic rings. The van der Waals surface area contributed by atoms with E-state index < -0.39 is 0 Å². The fourth-order valence-electron chi connectivity index (χ4n) is 1.57. The van der Waals surface area contributed by atoms with Crippen molar-refractivity contribution in [2.24, 2.45) is 0 Å². The molecule has 0 aliphatic heterocycles. The summed E-state index contributed by atoms with van der Waals surface area (Å²) >= 11 is 4.00. The second-order valence-electron chi connectivity index (χ2n) is 3.21. The van der Waals surface area contributed by atoms with Gasteiger partial charge in [-0.15, -0.1) is 0 Å². The molecule has 1 N–H and O–H groups in total. The monoisotopic (exact) mass is 181 g/mol. The second-order valence-corrected chi connectivity index (χ2v) is 3.53. The summed E-state index contributed by atoms with van der Waals surface area (Å²) in [6, 6.07) is 4.40. The highest BCUT2D eigenvalue weighted by molar-refractivity contribution is 7.78. The zero-order chi connectivity index (χ0) is 9.14. The zero-order valence-corrected chi connectivity index (χ0v) is 8.70. The van der Waals surface area contributed by atoms with Crippen molar-refractivity contribution in [3.8, 4) is 0 Å². The third-order valence-electron chi connectivity index (χ3n) is 2.10. The van der Waals surface area contributed by atoms with E-state index in [9.17, 15) is 0 Å². The van der Waals surface area contributed by atoms with Crippen LogP contribution in [0.2, 0.25) is 0 Å². The van der Waals surface area contributed by atoms with Crippen LogP contribution in [0.4, 0.5) is 0 Å². The summed E-state index contributed by atoms with van der Waals surface area (Å²) in [5.74, 6) is 0. The van der Waals surface area contributed by atoms with Gasteiger partial charge >= 0.3 is 0 Å². The van der Waals surface area contributed by atoms with E-state index in [4.69, 9.17) is 0 Å². The molecule has 66 valence electrons. The third kappa shape index (κ3) is 2.02. The average molecular weight is 181 g/mol. The van der Waals surface area contributed by atoms with Gasteiger partial charge in [0.1, 0.15) is 0 Å². The highest BCUT2D eigenvalue weighted by Crippen LogP contribution is 2.15. The molecule has 1 aromatic carbocycles. The maximum Gasteiger partial charge on any atom is 0.0312 e. The number of thiol groups is 1. The summed E-state index contributed by atoms with van der Waals surface area (Å²) in [6.07, 6.45) is 0. The van der Waals surface area contributed by atoms with Crippen LogP contribution >= 0.6 is 12.8 Å². The lowest BCUT2D eigenvalue weighted by molar-refractivity contribution is 0.954. The van der Waals surface area contributed by atoms with Crippen LogP contribution in [0.15, 0.2) is 12.1 Å². The molecular formula is C10H15NS. The average Bonchev–Trinajstić information content (AvgIpc) is 1.96. The first kappa shape index (κ1) is 9.62. The Labute approximate surface area is 79.7 Å². The van der Waals surface area contributed by atoms with Gasteiger partial charge in [0.15, 0.2) is 0 Å². The van der Waals surface area contributed by atoms with Crippen molar-refractivity contribution in [1.82, 2.24) is 4.72 Å². The molecule has 0 radical (unpaired) electrons. The van der Waals surface area contributed by atoms with Gasteiger partial charge in [-0.25, -0.2) is 0 Å². The Balaban J connectivity index is 3.10. The van der Waals surface area contributed by atoms with Crippen molar-refractivity contribution < 1.29 is 0 Å². The van der Waals surface area contributed by atoms with E-state index in [-0.39, 0.29) is 0 Å². The van der Waals surface area contributed by atoms with Crippen molar-refractivity contribution >= 4 is 12.8 Å². The minimum Gasteiger partial charge on any atom is -0.262 e. The van der Waals surface area contributed by atoms with E-state index in [1.807, 2.05) is 0 Å². The maximum absolute atomic E-state index is 4.00. The first-order valence-electron chi connectivity index (χ1n) is 4.09. The Morgan fingerprint density at radius 1 is 1.17 bits per heavy atom. The molecule has 0 amide bonds. The minimum atomic E-state index is 0.834. The van der Waals surface area contributed by atoms with Crippen LogP contribution in [0.3, 0.4) is 0 Å². The molecule has 0 saturated heterocycles. The Bertz CT molecular complexity index is 258. The number of aryl methyl sites for hydroxylation is 3. The van der Waals surface area contributed by atoms with Crippen molar-refractivity contribution in [3.63, 3.8) is 0 Å². The Morgan fingerprint density at radius 3 is 2.08 bits per heavy atom. The number of hydrogen-bond donors (Lipinski definition) is 2. The minimum absolute atomic E-state index is 0.834. The number of benzene rings is 1. The lowest BCUT2D eigenvalue weighted by atomic mass is 10.0. The van der Waals surface area contributed by atoms with Gasteiger partial charge in [0, 0.05) is 6.54 Å². The summed E-state index contributed by atoms with van der Waals surface area (Å²) in [5, 5.41) is 0. The van der Waals surface area contributed by atoms with Gasteiger partial charge in [0.05, 0.1) is 0 Å². The molecule has 1 rings (SSSR count). The molecule has 0 bridgehead atoms. The summed E-state index contributed by atoms with van der Waals surface area (Å²) in [7, 11) is 0. The predicted octanol–water partition coefficient (Wildman–Crippen LogP) is 2.55. The number of hydrogen-bond acceptors (Lipinski definition) is 2. The third-order valence-corrected chi connectivity index (χ3v) is 2.25. The Morgan fingerprint density at radius 2 is 1.67 bits per heavy atom. The molecule has 0 aliphatic rings. The van der Waals surface area contributed by atoms with E-state index in [0.717, 1.165) is 6.54 Å². The van der Waals surface area contributed by atoms with Gasteiger partial charge in [-0.3, -0.25) is 4.72 Å². The van der Waals surface area contributed by atoms with Crippen LogP contribution in [0.25, 0.3) is 0 Å². The van der Waals surface area contributed by atoms with Gasteiger partial charge < -0.3 is 0 Å². The first-order valence-corrected chi connectivity index (χ1v) is 4.53. The number of nitrogens with one attached hydrogen (secondary N) is 1. The van der Waals surface area contributed by atoms with Gasteiger partial charge in [0.25, 0.3) is 0 Å². The summed E-state index contributed by atoms with van der Waals surface area (Å²) in [4.78, 5) is 0. The normalized spacial score (nSPS) is 10.3. The second kappa shape index (κ2) is 3.97. The molecular weight excluding hydrogens is 166 g/mol. The van der Waals surface area contributed by atoms with Gasteiger partial charge in [-0.05, 0) is 37.5 Å². The quantitative estimate of drug-likeness (QED) is 0.668. The summed E-state index contributed by atoms with van der Waals surface area (Å²) in [5.41, 5.74) is 5.37. The lowest BCUT2D eigenvalue weighted by Gasteiger charge is -2.09. The molecule has 0 aliphatic carbocycles. The van der Waals surface area contributed by atoms with E-state index in [1.165, 1.54) is 22.3 Å². The van der Waals surface area contributed by atoms with E-state index >= 15 is 0 Å². The molecule has 12 heavy (non-hydrogen) atoms. The van der Waals surface area contributed by atoms with Crippen LogP contribution in [0.5, 0.6) is 0 Å². The highest BCUT2D eigenvalue weighted by atomic mass is 32.1. The Hall–Kier alpha value is -0.470. The van der Waals surface area contributed by atoms with Crippen molar-refractivity contribution in [2.75, 3.05) is 0 Å². The lowest BCUT2D eigenvalue weighted by Crippen LogP contribution is -2.03. The fourth-order valence-corrected chi connectivity index (χ4v) is 1.73. The zero-order valence-electron chi connectivity index (χ0n) is 7.81. The fraction of sp³-hybridized carbons (Fsp3) is 0.400.